The highest BCUT2D eigenvalue weighted by Crippen LogP contribution is 2.20. The Labute approximate surface area is 106 Å². The molecule has 4 nitrogen and oxygen atoms in total. The number of methoxy groups -OCH3 is 1. The van der Waals surface area contributed by atoms with Crippen molar-refractivity contribution >= 4 is 22.4 Å². The molecule has 0 amide bonds. The predicted molar refractivity (Wildman–Crippen MR) is 70.6 cm³/mol. The average Bonchev–Trinajstić information content (AvgIpc) is 2.73. The molecule has 17 heavy (non-hydrogen) atoms. The number of hydrogen-bond donors (Lipinski definition) is 1. The van der Waals surface area contributed by atoms with E-state index in [1.165, 1.54) is 24.9 Å². The molecule has 1 unspecified atom stereocenters. The molecule has 0 radical (unpaired) electrons. The quantitative estimate of drug-likeness (QED) is 0.794. The Morgan fingerprint density at radius 3 is 2.76 bits per heavy atom. The second-order valence-corrected chi connectivity index (χ2v) is 5.57. The average molecular weight is 256 g/mol. The summed E-state index contributed by atoms with van der Waals surface area (Å²) in [4.78, 5) is 15.9. The molecule has 1 rings (SSSR count). The maximum Gasteiger partial charge on any atom is 0.349 e. The van der Waals surface area contributed by atoms with Crippen molar-refractivity contribution in [2.75, 3.05) is 12.4 Å². The zero-order valence-corrected chi connectivity index (χ0v) is 11.6. The van der Waals surface area contributed by atoms with Crippen molar-refractivity contribution in [1.82, 2.24) is 4.98 Å². The Balaban J connectivity index is 2.46. The maximum atomic E-state index is 11.2. The molecule has 96 valence electrons. The number of hydrogen-bond acceptors (Lipinski definition) is 5. The van der Waals surface area contributed by atoms with Gasteiger partial charge in [0.05, 0.1) is 13.3 Å². The fourth-order valence-electron chi connectivity index (χ4n) is 1.40. The lowest BCUT2D eigenvalue weighted by molar-refractivity contribution is 0.0606. The molecule has 0 saturated carbocycles. The maximum absolute atomic E-state index is 11.2. The standard InChI is InChI=1S/C12H20N2O2S/c1-8(2)5-6-9(3)14-12-13-7-10(17-12)11(15)16-4/h7-9H,5-6H2,1-4H3,(H,13,14). The topological polar surface area (TPSA) is 51.2 Å². The van der Waals surface area contributed by atoms with Gasteiger partial charge in [-0.2, -0.15) is 0 Å². The van der Waals surface area contributed by atoms with E-state index in [9.17, 15) is 4.79 Å². The number of ether oxygens (including phenoxy) is 1. The molecular formula is C12H20N2O2S. The summed E-state index contributed by atoms with van der Waals surface area (Å²) >= 11 is 1.33. The third kappa shape index (κ3) is 4.73. The summed E-state index contributed by atoms with van der Waals surface area (Å²) in [6.07, 6.45) is 3.84. The Hall–Kier alpha value is -1.10. The molecule has 0 fully saturated rings. The fraction of sp³-hybridized carbons (Fsp3) is 0.667. The minimum atomic E-state index is -0.328. The summed E-state index contributed by atoms with van der Waals surface area (Å²) in [5, 5.41) is 4.08. The van der Waals surface area contributed by atoms with Crippen molar-refractivity contribution in [3.05, 3.63) is 11.1 Å². The summed E-state index contributed by atoms with van der Waals surface area (Å²) in [6.45, 7) is 6.55. The van der Waals surface area contributed by atoms with E-state index in [4.69, 9.17) is 0 Å². The van der Waals surface area contributed by atoms with Crippen molar-refractivity contribution in [2.45, 2.75) is 39.7 Å². The van der Waals surface area contributed by atoms with Crippen molar-refractivity contribution in [3.8, 4) is 0 Å². The number of nitrogens with zero attached hydrogens (tertiary/aromatic N) is 1. The molecular weight excluding hydrogens is 236 g/mol. The summed E-state index contributed by atoms with van der Waals surface area (Å²) in [7, 11) is 1.38. The van der Waals surface area contributed by atoms with Crippen LogP contribution in [0.15, 0.2) is 6.20 Å². The van der Waals surface area contributed by atoms with Crippen molar-refractivity contribution < 1.29 is 9.53 Å². The summed E-state index contributed by atoms with van der Waals surface area (Å²) in [5.41, 5.74) is 0. The summed E-state index contributed by atoms with van der Waals surface area (Å²) in [6, 6.07) is 0.369. The lowest BCUT2D eigenvalue weighted by Gasteiger charge is -2.13. The third-order valence-electron chi connectivity index (χ3n) is 2.44. The predicted octanol–water partition coefficient (Wildman–Crippen LogP) is 3.17. The third-order valence-corrected chi connectivity index (χ3v) is 3.35. The number of carbonyl (C=O) groups is 1. The largest absolute Gasteiger partial charge is 0.465 e. The van der Waals surface area contributed by atoms with Crippen LogP contribution in [0.5, 0.6) is 0 Å². The normalized spacial score (nSPS) is 12.5. The smallest absolute Gasteiger partial charge is 0.349 e. The van der Waals surface area contributed by atoms with Gasteiger partial charge >= 0.3 is 5.97 Å². The van der Waals surface area contributed by atoms with Crippen LogP contribution in [0.2, 0.25) is 0 Å². The van der Waals surface area contributed by atoms with Crippen molar-refractivity contribution in [1.29, 1.82) is 0 Å². The lowest BCUT2D eigenvalue weighted by atomic mass is 10.0. The van der Waals surface area contributed by atoms with Crippen molar-refractivity contribution in [2.24, 2.45) is 5.92 Å². The zero-order chi connectivity index (χ0) is 12.8. The SMILES string of the molecule is COC(=O)c1cnc(NC(C)CCC(C)C)s1. The molecule has 0 spiro atoms. The van der Waals surface area contributed by atoms with E-state index in [2.05, 4.69) is 35.8 Å². The molecule has 1 heterocycles. The highest BCUT2D eigenvalue weighted by Gasteiger charge is 2.12. The van der Waals surface area contributed by atoms with Gasteiger partial charge in [-0.05, 0) is 25.7 Å². The molecule has 0 aromatic carbocycles. The number of anilines is 1. The minimum Gasteiger partial charge on any atom is -0.465 e. The molecule has 1 atom stereocenters. The number of thiazole rings is 1. The van der Waals surface area contributed by atoms with E-state index in [0.717, 1.165) is 11.6 Å². The van der Waals surface area contributed by atoms with Gasteiger partial charge in [-0.15, -0.1) is 0 Å². The first-order chi connectivity index (χ1) is 8.02. The van der Waals surface area contributed by atoms with Gasteiger partial charge in [-0.3, -0.25) is 0 Å². The lowest BCUT2D eigenvalue weighted by Crippen LogP contribution is -2.15. The van der Waals surface area contributed by atoms with E-state index in [0.29, 0.717) is 16.8 Å². The van der Waals surface area contributed by atoms with Gasteiger partial charge in [0.15, 0.2) is 5.13 Å². The van der Waals surface area contributed by atoms with Crippen LogP contribution in [0.1, 0.15) is 43.3 Å². The van der Waals surface area contributed by atoms with Crippen molar-refractivity contribution in [3.63, 3.8) is 0 Å². The first-order valence-electron chi connectivity index (χ1n) is 5.83. The Morgan fingerprint density at radius 1 is 1.47 bits per heavy atom. The second kappa shape index (κ2) is 6.59. The Morgan fingerprint density at radius 2 is 2.18 bits per heavy atom. The van der Waals surface area contributed by atoms with Crippen LogP contribution in [0.4, 0.5) is 5.13 Å². The number of esters is 1. The van der Waals surface area contributed by atoms with Gasteiger partial charge in [0.1, 0.15) is 4.88 Å². The summed E-state index contributed by atoms with van der Waals surface area (Å²) < 4.78 is 4.64. The van der Waals surface area contributed by atoms with Crippen LogP contribution in [-0.2, 0) is 4.74 Å². The van der Waals surface area contributed by atoms with Gasteiger partial charge in [0, 0.05) is 6.04 Å². The van der Waals surface area contributed by atoms with Gasteiger partial charge in [0.25, 0.3) is 0 Å². The molecule has 0 aliphatic heterocycles. The number of carbonyl (C=O) groups excluding carboxylic acids is 1. The van der Waals surface area contributed by atoms with Gasteiger partial charge in [-0.1, -0.05) is 25.2 Å². The van der Waals surface area contributed by atoms with Crippen LogP contribution in [0, 0.1) is 5.92 Å². The van der Waals surface area contributed by atoms with E-state index in [-0.39, 0.29) is 5.97 Å². The van der Waals surface area contributed by atoms with Crippen LogP contribution >= 0.6 is 11.3 Å². The van der Waals surface area contributed by atoms with E-state index < -0.39 is 0 Å². The molecule has 1 N–H and O–H groups in total. The minimum absolute atomic E-state index is 0.328. The fourth-order valence-corrected chi connectivity index (χ4v) is 2.25. The molecule has 0 saturated heterocycles. The van der Waals surface area contributed by atoms with Gasteiger partial charge in [-0.25, -0.2) is 9.78 Å². The molecule has 1 aromatic heterocycles. The van der Waals surface area contributed by atoms with Crippen LogP contribution < -0.4 is 5.32 Å². The molecule has 0 aliphatic carbocycles. The molecule has 0 bridgehead atoms. The van der Waals surface area contributed by atoms with Crippen LogP contribution in [0.3, 0.4) is 0 Å². The Bertz CT molecular complexity index is 363. The number of nitrogens with one attached hydrogen (secondary N) is 1. The number of aromatic nitrogens is 1. The Kier molecular flexibility index (Phi) is 5.41. The zero-order valence-electron chi connectivity index (χ0n) is 10.8. The summed E-state index contributed by atoms with van der Waals surface area (Å²) in [5.74, 6) is 0.381. The molecule has 5 heteroatoms. The number of rotatable bonds is 6. The molecule has 0 aliphatic rings. The van der Waals surface area contributed by atoms with Crippen LogP contribution in [0.25, 0.3) is 0 Å². The van der Waals surface area contributed by atoms with Gasteiger partial charge in [0.2, 0.25) is 0 Å². The first kappa shape index (κ1) is 14.0. The second-order valence-electron chi connectivity index (χ2n) is 4.54. The van der Waals surface area contributed by atoms with Crippen LogP contribution in [-0.4, -0.2) is 24.1 Å². The van der Waals surface area contributed by atoms with E-state index >= 15 is 0 Å². The van der Waals surface area contributed by atoms with Gasteiger partial charge < -0.3 is 10.1 Å². The highest BCUT2D eigenvalue weighted by atomic mass is 32.1. The highest BCUT2D eigenvalue weighted by molar-refractivity contribution is 7.17. The monoisotopic (exact) mass is 256 g/mol. The molecule has 1 aromatic rings. The first-order valence-corrected chi connectivity index (χ1v) is 6.65. The van der Waals surface area contributed by atoms with E-state index in [1.54, 1.807) is 6.20 Å². The van der Waals surface area contributed by atoms with E-state index in [1.807, 2.05) is 0 Å².